The summed E-state index contributed by atoms with van der Waals surface area (Å²) in [4.78, 5) is 95.7. The van der Waals surface area contributed by atoms with Crippen molar-refractivity contribution in [3.8, 4) is 0 Å². The van der Waals surface area contributed by atoms with Crippen molar-refractivity contribution in [1.82, 2.24) is 26.2 Å². The molecule has 284 valence electrons. The number of guanidine groups is 1. The fourth-order valence-corrected chi connectivity index (χ4v) is 5.56. The number of aliphatic carboxylic acids is 1. The largest absolute Gasteiger partial charge is 0.480 e. The lowest BCUT2D eigenvalue weighted by atomic mass is 10.0. The van der Waals surface area contributed by atoms with Gasteiger partial charge < -0.3 is 54.2 Å². The highest BCUT2D eigenvalue weighted by molar-refractivity contribution is 5.97. The number of aliphatic imine (C=N–C) groups is 1. The summed E-state index contributed by atoms with van der Waals surface area (Å²) in [6.45, 7) is 11.1. The van der Waals surface area contributed by atoms with Gasteiger partial charge in [0.2, 0.25) is 35.4 Å². The van der Waals surface area contributed by atoms with Crippen LogP contribution in [0, 0.1) is 17.8 Å². The molecule has 0 aromatic carbocycles. The van der Waals surface area contributed by atoms with Crippen molar-refractivity contribution in [2.24, 2.45) is 45.7 Å². The van der Waals surface area contributed by atoms with Crippen molar-refractivity contribution in [3.63, 3.8) is 0 Å². The van der Waals surface area contributed by atoms with Gasteiger partial charge in [-0.05, 0) is 56.3 Å². The number of nitrogens with zero attached hydrogens (tertiary/aromatic N) is 2. The van der Waals surface area contributed by atoms with E-state index < -0.39 is 90.0 Å². The van der Waals surface area contributed by atoms with Gasteiger partial charge in [-0.3, -0.25) is 33.8 Å². The second kappa shape index (κ2) is 20.9. The van der Waals surface area contributed by atoms with Gasteiger partial charge in [0.05, 0.1) is 12.5 Å². The van der Waals surface area contributed by atoms with Crippen LogP contribution in [-0.2, 0) is 33.6 Å². The Morgan fingerprint density at radius 3 is 1.90 bits per heavy atom. The van der Waals surface area contributed by atoms with Crippen LogP contribution in [0.4, 0.5) is 0 Å². The van der Waals surface area contributed by atoms with E-state index in [4.69, 9.17) is 22.9 Å². The summed E-state index contributed by atoms with van der Waals surface area (Å²) in [5, 5.41) is 19.9. The quantitative estimate of drug-likeness (QED) is 0.0357. The van der Waals surface area contributed by atoms with Gasteiger partial charge in [-0.2, -0.15) is 0 Å². The first-order valence-electron chi connectivity index (χ1n) is 17.1. The lowest BCUT2D eigenvalue weighted by molar-refractivity contribution is -0.144. The van der Waals surface area contributed by atoms with Crippen LogP contribution in [0.15, 0.2) is 4.99 Å². The Labute approximate surface area is 293 Å². The van der Waals surface area contributed by atoms with E-state index in [1.165, 1.54) is 4.90 Å². The van der Waals surface area contributed by atoms with Gasteiger partial charge in [0, 0.05) is 13.1 Å². The van der Waals surface area contributed by atoms with E-state index in [0.29, 0.717) is 12.8 Å². The monoisotopic (exact) mass is 710 g/mol. The molecule has 0 aromatic heterocycles. The number of likely N-dealkylation sites (tertiary alicyclic amines) is 1. The van der Waals surface area contributed by atoms with Gasteiger partial charge in [0.25, 0.3) is 0 Å². The van der Waals surface area contributed by atoms with Crippen LogP contribution in [-0.4, -0.2) is 107 Å². The molecule has 1 aliphatic rings. The Balaban J connectivity index is 3.20. The van der Waals surface area contributed by atoms with Crippen LogP contribution >= 0.6 is 0 Å². The molecule has 18 heteroatoms. The van der Waals surface area contributed by atoms with Crippen LogP contribution in [0.5, 0.6) is 0 Å². The third-order valence-electron chi connectivity index (χ3n) is 8.07. The Bertz CT molecular complexity index is 1240. The molecule has 0 aliphatic carbocycles. The first-order valence-corrected chi connectivity index (χ1v) is 17.1. The molecule has 1 saturated heterocycles. The average molecular weight is 711 g/mol. The molecule has 0 unspecified atom stereocenters. The first-order chi connectivity index (χ1) is 23.2. The third kappa shape index (κ3) is 15.0. The lowest BCUT2D eigenvalue weighted by Crippen LogP contribution is -2.60. The van der Waals surface area contributed by atoms with Crippen molar-refractivity contribution < 1.29 is 38.7 Å². The second-order valence-corrected chi connectivity index (χ2v) is 13.9. The van der Waals surface area contributed by atoms with E-state index in [9.17, 15) is 38.7 Å². The van der Waals surface area contributed by atoms with Crippen LogP contribution in [0.3, 0.4) is 0 Å². The normalized spacial score (nSPS) is 17.3. The molecule has 0 aromatic rings. The van der Waals surface area contributed by atoms with Crippen LogP contribution < -0.4 is 44.2 Å². The average Bonchev–Trinajstić information content (AvgIpc) is 3.49. The molecule has 50 heavy (non-hydrogen) atoms. The first kappa shape index (κ1) is 43.5. The summed E-state index contributed by atoms with van der Waals surface area (Å²) < 4.78 is 0. The molecule has 1 rings (SSSR count). The molecule has 6 amide bonds. The molecule has 6 atom stereocenters. The SMILES string of the molecule is CC(C)C[C@H](NC(=O)[C@H](CCCN=C(N)N)NC(=O)[C@@H]1CCCN1C(=O)[C@@H](NC(=O)[C@H](CC(N)=O)NC(=O)[C@@H](N)CC(C)C)C(C)C)C(=O)O. The number of carbonyl (C=O) groups is 7. The van der Waals surface area contributed by atoms with Crippen molar-refractivity contribution >= 4 is 47.4 Å². The summed E-state index contributed by atoms with van der Waals surface area (Å²) in [5.74, 6) is -6.07. The summed E-state index contributed by atoms with van der Waals surface area (Å²) in [5.41, 5.74) is 22.1. The highest BCUT2D eigenvalue weighted by Gasteiger charge is 2.41. The Hall–Kier alpha value is -4.48. The maximum Gasteiger partial charge on any atom is 0.326 e. The van der Waals surface area contributed by atoms with Gasteiger partial charge in [-0.25, -0.2) is 4.79 Å². The van der Waals surface area contributed by atoms with Gasteiger partial charge in [0.15, 0.2) is 5.96 Å². The van der Waals surface area contributed by atoms with E-state index in [1.54, 1.807) is 13.8 Å². The molecule has 13 N–H and O–H groups in total. The number of nitrogens with two attached hydrogens (primary N) is 4. The zero-order valence-corrected chi connectivity index (χ0v) is 30.1. The number of carboxylic acids is 1. The highest BCUT2D eigenvalue weighted by atomic mass is 16.4. The van der Waals surface area contributed by atoms with Gasteiger partial charge in [-0.15, -0.1) is 0 Å². The summed E-state index contributed by atoms with van der Waals surface area (Å²) >= 11 is 0. The number of carboxylic acid groups (broad SMARTS) is 1. The van der Waals surface area contributed by atoms with Crippen LogP contribution in [0.1, 0.15) is 86.5 Å². The summed E-state index contributed by atoms with van der Waals surface area (Å²) in [7, 11) is 0. The molecule has 1 aliphatic heterocycles. The number of primary amides is 1. The second-order valence-electron chi connectivity index (χ2n) is 13.9. The van der Waals surface area contributed by atoms with Gasteiger partial charge in [-0.1, -0.05) is 41.5 Å². The molecule has 1 heterocycles. The molecule has 1 fully saturated rings. The minimum absolute atomic E-state index is 0.0384. The standard InChI is InChI=1S/C32H58N10O8/c1-16(2)13-19(33)26(44)39-21(15-24(34)43)28(46)41-25(18(5)6)30(48)42-12-8-10-23(42)29(47)38-20(9-7-11-37-32(35)36)27(45)40-22(31(49)50)14-17(3)4/h16-23,25H,7-15,33H2,1-6H3,(H2,34,43)(H,38,47)(H,39,44)(H,40,45)(H,41,46)(H,49,50)(H4,35,36,37)/t19-,20-,21-,22-,23-,25-/m0/s1. The number of carbonyl (C=O) groups excluding carboxylic acids is 6. The Morgan fingerprint density at radius 1 is 0.800 bits per heavy atom. The molecular weight excluding hydrogens is 652 g/mol. The fraction of sp³-hybridized carbons (Fsp3) is 0.750. The number of nitrogens with one attached hydrogen (secondary N) is 4. The van der Waals surface area contributed by atoms with Crippen molar-refractivity contribution in [3.05, 3.63) is 0 Å². The predicted octanol–water partition coefficient (Wildman–Crippen LogP) is -1.99. The lowest BCUT2D eigenvalue weighted by Gasteiger charge is -2.32. The van der Waals surface area contributed by atoms with Gasteiger partial charge in [0.1, 0.15) is 30.2 Å². The Morgan fingerprint density at radius 2 is 1.38 bits per heavy atom. The molecular formula is C32H58N10O8. The van der Waals surface area contributed by atoms with E-state index >= 15 is 0 Å². The maximum atomic E-state index is 13.9. The zero-order valence-electron chi connectivity index (χ0n) is 30.1. The zero-order chi connectivity index (χ0) is 38.3. The van der Waals surface area contributed by atoms with Gasteiger partial charge >= 0.3 is 5.97 Å². The fourth-order valence-electron chi connectivity index (χ4n) is 5.56. The van der Waals surface area contributed by atoms with Crippen LogP contribution in [0.25, 0.3) is 0 Å². The van der Waals surface area contributed by atoms with E-state index in [0.717, 1.165) is 0 Å². The van der Waals surface area contributed by atoms with E-state index in [1.807, 2.05) is 27.7 Å². The number of amides is 6. The third-order valence-corrected chi connectivity index (χ3v) is 8.07. The van der Waals surface area contributed by atoms with Crippen LogP contribution in [0.2, 0.25) is 0 Å². The minimum Gasteiger partial charge on any atom is -0.480 e. The molecule has 0 radical (unpaired) electrons. The number of hydrogen-bond donors (Lipinski definition) is 9. The van der Waals surface area contributed by atoms with Crippen molar-refractivity contribution in [2.45, 2.75) is 123 Å². The predicted molar refractivity (Wildman–Crippen MR) is 186 cm³/mol. The molecule has 0 saturated carbocycles. The topological polar surface area (TPSA) is 308 Å². The molecule has 0 bridgehead atoms. The summed E-state index contributed by atoms with van der Waals surface area (Å²) in [6, 6.07) is -6.84. The maximum absolute atomic E-state index is 13.9. The van der Waals surface area contributed by atoms with Crippen molar-refractivity contribution in [1.29, 1.82) is 0 Å². The highest BCUT2D eigenvalue weighted by Crippen LogP contribution is 2.21. The minimum atomic E-state index is -1.39. The smallest absolute Gasteiger partial charge is 0.326 e. The number of rotatable bonds is 21. The molecule has 18 nitrogen and oxygen atoms in total. The molecule has 0 spiro atoms. The van der Waals surface area contributed by atoms with Crippen molar-refractivity contribution in [2.75, 3.05) is 13.1 Å². The van der Waals surface area contributed by atoms with E-state index in [-0.39, 0.29) is 56.6 Å². The Kier molecular flexibility index (Phi) is 18.2. The van der Waals surface area contributed by atoms with E-state index in [2.05, 4.69) is 26.3 Å². The summed E-state index contributed by atoms with van der Waals surface area (Å²) in [6.07, 6.45) is 1.02. The number of hydrogen-bond acceptors (Lipinski definition) is 9.